The zero-order valence-electron chi connectivity index (χ0n) is 15.6. The second-order valence-electron chi connectivity index (χ2n) is 6.09. The highest BCUT2D eigenvalue weighted by atomic mass is 35.5. The molecule has 1 amide bonds. The van der Waals surface area contributed by atoms with Crippen molar-refractivity contribution in [3.8, 4) is 0 Å². The highest BCUT2D eigenvalue weighted by Gasteiger charge is 2.14. The standard InChI is InChI=1S/C19H24FN3O3S.ClH/c1-21-10-4-9-19(24)22-13-16-6-3-8-18(12-16)27(25,26)23-14-15-5-2-7-17(20)11-15;/h2-3,5-8,11-12,21,23H,4,9-10,13-14H2,1H3,(H,22,24);1H. The van der Waals surface area contributed by atoms with Crippen molar-refractivity contribution in [1.82, 2.24) is 15.4 Å². The van der Waals surface area contributed by atoms with E-state index in [9.17, 15) is 17.6 Å². The minimum absolute atomic E-state index is 0. The van der Waals surface area contributed by atoms with Gasteiger partial charge >= 0.3 is 0 Å². The van der Waals surface area contributed by atoms with Crippen molar-refractivity contribution < 1.29 is 17.6 Å². The van der Waals surface area contributed by atoms with Gasteiger partial charge in [0.2, 0.25) is 15.9 Å². The number of rotatable bonds is 10. The van der Waals surface area contributed by atoms with E-state index in [0.29, 0.717) is 17.5 Å². The molecule has 3 N–H and O–H groups in total. The van der Waals surface area contributed by atoms with Crippen LogP contribution in [0.2, 0.25) is 0 Å². The molecule has 0 unspecified atom stereocenters. The van der Waals surface area contributed by atoms with Crippen LogP contribution in [0.25, 0.3) is 0 Å². The molecule has 0 saturated heterocycles. The Kier molecular flexibility index (Phi) is 10.1. The van der Waals surface area contributed by atoms with Crippen molar-refractivity contribution in [2.75, 3.05) is 13.6 Å². The molecule has 0 radical (unpaired) electrons. The fourth-order valence-electron chi connectivity index (χ4n) is 2.45. The van der Waals surface area contributed by atoms with E-state index in [2.05, 4.69) is 15.4 Å². The number of halogens is 2. The Bertz CT molecular complexity index is 878. The van der Waals surface area contributed by atoms with Crippen LogP contribution >= 0.6 is 12.4 Å². The average molecular weight is 430 g/mol. The summed E-state index contributed by atoms with van der Waals surface area (Å²) in [6, 6.07) is 12.1. The van der Waals surface area contributed by atoms with Crippen LogP contribution in [0.15, 0.2) is 53.4 Å². The van der Waals surface area contributed by atoms with E-state index < -0.39 is 15.8 Å². The van der Waals surface area contributed by atoms with E-state index in [1.165, 1.54) is 30.3 Å². The lowest BCUT2D eigenvalue weighted by atomic mass is 10.2. The summed E-state index contributed by atoms with van der Waals surface area (Å²) in [4.78, 5) is 11.9. The van der Waals surface area contributed by atoms with Crippen LogP contribution in [0.1, 0.15) is 24.0 Å². The number of nitrogens with one attached hydrogen (secondary N) is 3. The molecule has 0 aliphatic rings. The molecule has 0 fully saturated rings. The molecule has 0 bridgehead atoms. The Hall–Kier alpha value is -2.00. The Labute approximate surface area is 171 Å². The summed E-state index contributed by atoms with van der Waals surface area (Å²) in [6.45, 7) is 1.01. The normalized spacial score (nSPS) is 10.9. The fraction of sp³-hybridized carbons (Fsp3) is 0.316. The highest BCUT2D eigenvalue weighted by Crippen LogP contribution is 2.13. The van der Waals surface area contributed by atoms with Crippen molar-refractivity contribution in [2.24, 2.45) is 0 Å². The zero-order valence-corrected chi connectivity index (χ0v) is 17.2. The molecule has 154 valence electrons. The maximum atomic E-state index is 13.2. The van der Waals surface area contributed by atoms with Crippen LogP contribution in [0.4, 0.5) is 4.39 Å². The number of hydrogen-bond acceptors (Lipinski definition) is 4. The van der Waals surface area contributed by atoms with Gasteiger partial charge in [0.25, 0.3) is 0 Å². The van der Waals surface area contributed by atoms with Crippen LogP contribution in [0.5, 0.6) is 0 Å². The number of carbonyl (C=O) groups is 1. The van der Waals surface area contributed by atoms with E-state index in [-0.39, 0.29) is 36.3 Å². The van der Waals surface area contributed by atoms with Gasteiger partial charge in [-0.15, -0.1) is 12.4 Å². The van der Waals surface area contributed by atoms with Gasteiger partial charge < -0.3 is 10.6 Å². The molecular formula is C19H25ClFN3O3S. The van der Waals surface area contributed by atoms with Crippen LogP contribution < -0.4 is 15.4 Å². The molecule has 0 aliphatic carbocycles. The molecular weight excluding hydrogens is 405 g/mol. The van der Waals surface area contributed by atoms with Crippen molar-refractivity contribution >= 4 is 28.3 Å². The maximum absolute atomic E-state index is 13.2. The Balaban J connectivity index is 0.00000392. The molecule has 6 nitrogen and oxygen atoms in total. The lowest BCUT2D eigenvalue weighted by Gasteiger charge is -2.10. The zero-order chi connectivity index (χ0) is 19.7. The largest absolute Gasteiger partial charge is 0.352 e. The molecule has 2 aromatic rings. The number of benzene rings is 2. The lowest BCUT2D eigenvalue weighted by Crippen LogP contribution is -2.25. The lowest BCUT2D eigenvalue weighted by molar-refractivity contribution is -0.121. The van der Waals surface area contributed by atoms with Crippen molar-refractivity contribution in [3.05, 3.63) is 65.5 Å². The number of carbonyl (C=O) groups excluding carboxylic acids is 1. The van der Waals surface area contributed by atoms with Crippen molar-refractivity contribution in [1.29, 1.82) is 0 Å². The maximum Gasteiger partial charge on any atom is 0.240 e. The van der Waals surface area contributed by atoms with E-state index in [1.54, 1.807) is 18.2 Å². The molecule has 28 heavy (non-hydrogen) atoms. The van der Waals surface area contributed by atoms with E-state index >= 15 is 0 Å². The van der Waals surface area contributed by atoms with Crippen LogP contribution in [0.3, 0.4) is 0 Å². The Morgan fingerprint density at radius 1 is 1.04 bits per heavy atom. The molecule has 0 aliphatic heterocycles. The van der Waals surface area contributed by atoms with Gasteiger partial charge in [-0.05, 0) is 55.4 Å². The molecule has 0 atom stereocenters. The second kappa shape index (κ2) is 11.8. The SMILES string of the molecule is CNCCCC(=O)NCc1cccc(S(=O)(=O)NCc2cccc(F)c2)c1.Cl. The van der Waals surface area contributed by atoms with E-state index in [0.717, 1.165) is 13.0 Å². The molecule has 0 spiro atoms. The molecule has 2 rings (SSSR count). The summed E-state index contributed by atoms with van der Waals surface area (Å²) in [7, 11) is -1.92. The first-order valence-corrected chi connectivity index (χ1v) is 10.1. The Morgan fingerprint density at radius 2 is 1.71 bits per heavy atom. The van der Waals surface area contributed by atoms with E-state index in [4.69, 9.17) is 0 Å². The molecule has 0 saturated carbocycles. The van der Waals surface area contributed by atoms with Gasteiger partial charge in [-0.3, -0.25) is 4.79 Å². The smallest absolute Gasteiger partial charge is 0.240 e. The third-order valence-corrected chi connectivity index (χ3v) is 5.28. The van der Waals surface area contributed by atoms with Gasteiger partial charge in [-0.1, -0.05) is 24.3 Å². The summed E-state index contributed by atoms with van der Waals surface area (Å²) < 4.78 is 40.6. The summed E-state index contributed by atoms with van der Waals surface area (Å²) >= 11 is 0. The summed E-state index contributed by atoms with van der Waals surface area (Å²) in [5.41, 5.74) is 1.22. The quantitative estimate of drug-likeness (QED) is 0.506. The van der Waals surface area contributed by atoms with Gasteiger partial charge in [0.1, 0.15) is 5.82 Å². The van der Waals surface area contributed by atoms with Crippen molar-refractivity contribution in [2.45, 2.75) is 30.8 Å². The molecule has 0 heterocycles. The van der Waals surface area contributed by atoms with Gasteiger partial charge in [-0.2, -0.15) is 0 Å². The predicted molar refractivity (Wildman–Crippen MR) is 109 cm³/mol. The molecule has 2 aromatic carbocycles. The average Bonchev–Trinajstić information content (AvgIpc) is 2.65. The highest BCUT2D eigenvalue weighted by molar-refractivity contribution is 7.89. The third-order valence-electron chi connectivity index (χ3n) is 3.88. The van der Waals surface area contributed by atoms with Crippen LogP contribution in [0, 0.1) is 5.82 Å². The summed E-state index contributed by atoms with van der Waals surface area (Å²) in [5, 5.41) is 5.75. The van der Waals surface area contributed by atoms with Gasteiger partial charge in [0, 0.05) is 19.5 Å². The summed E-state index contributed by atoms with van der Waals surface area (Å²) in [6.07, 6.45) is 1.15. The number of sulfonamides is 1. The second-order valence-corrected chi connectivity index (χ2v) is 7.85. The minimum Gasteiger partial charge on any atom is -0.352 e. The van der Waals surface area contributed by atoms with Crippen molar-refractivity contribution in [3.63, 3.8) is 0 Å². The van der Waals surface area contributed by atoms with Crippen LogP contribution in [-0.4, -0.2) is 27.9 Å². The fourth-order valence-corrected chi connectivity index (χ4v) is 3.53. The first-order chi connectivity index (χ1) is 12.9. The first-order valence-electron chi connectivity index (χ1n) is 8.65. The third kappa shape index (κ3) is 7.93. The van der Waals surface area contributed by atoms with E-state index in [1.807, 2.05) is 7.05 Å². The molecule has 9 heteroatoms. The van der Waals surface area contributed by atoms with Crippen LogP contribution in [-0.2, 0) is 27.9 Å². The topological polar surface area (TPSA) is 87.3 Å². The molecule has 0 aromatic heterocycles. The Morgan fingerprint density at radius 3 is 2.39 bits per heavy atom. The predicted octanol–water partition coefficient (Wildman–Crippen LogP) is 2.34. The first kappa shape index (κ1) is 24.0. The summed E-state index contributed by atoms with van der Waals surface area (Å²) in [5.74, 6) is -0.498. The number of hydrogen-bond donors (Lipinski definition) is 3. The van der Waals surface area contributed by atoms with Gasteiger partial charge in [-0.25, -0.2) is 17.5 Å². The number of amides is 1. The minimum atomic E-state index is -3.74. The monoisotopic (exact) mass is 429 g/mol. The van der Waals surface area contributed by atoms with Gasteiger partial charge in [0.15, 0.2) is 0 Å². The van der Waals surface area contributed by atoms with Gasteiger partial charge in [0.05, 0.1) is 4.90 Å².